The van der Waals surface area contributed by atoms with E-state index in [-0.39, 0.29) is 18.0 Å². The van der Waals surface area contributed by atoms with Crippen molar-refractivity contribution in [1.82, 2.24) is 20.4 Å². The fraction of sp³-hybridized carbons (Fsp3) is 0.667. The Bertz CT molecular complexity index is 712. The first-order chi connectivity index (χ1) is 14.4. The van der Waals surface area contributed by atoms with E-state index < -0.39 is 0 Å². The zero-order valence-corrected chi connectivity index (χ0v) is 19.2. The molecule has 2 atom stereocenters. The third kappa shape index (κ3) is 6.46. The molecule has 0 aromatic heterocycles. The summed E-state index contributed by atoms with van der Waals surface area (Å²) in [4.78, 5) is 21.9. The number of likely N-dealkylation sites (tertiary alicyclic amines) is 2. The van der Waals surface area contributed by atoms with Crippen LogP contribution in [0.2, 0.25) is 0 Å². The summed E-state index contributed by atoms with van der Waals surface area (Å²) < 4.78 is 0. The van der Waals surface area contributed by atoms with Crippen molar-refractivity contribution in [2.45, 2.75) is 65.1 Å². The minimum absolute atomic E-state index is 0.0282. The van der Waals surface area contributed by atoms with Crippen molar-refractivity contribution in [3.8, 4) is 0 Å². The molecule has 30 heavy (non-hydrogen) atoms. The summed E-state index contributed by atoms with van der Waals surface area (Å²) in [6, 6.07) is 11.5. The number of rotatable bonds is 5. The third-order valence-corrected chi connectivity index (χ3v) is 5.93. The normalized spacial score (nSPS) is 23.1. The summed E-state index contributed by atoms with van der Waals surface area (Å²) in [7, 11) is 0. The largest absolute Gasteiger partial charge is 0.357 e. The molecule has 2 fully saturated rings. The highest BCUT2D eigenvalue weighted by Crippen LogP contribution is 2.31. The zero-order valence-electron chi connectivity index (χ0n) is 19.2. The van der Waals surface area contributed by atoms with Gasteiger partial charge in [0.1, 0.15) is 6.54 Å². The van der Waals surface area contributed by atoms with Crippen LogP contribution < -0.4 is 10.6 Å². The van der Waals surface area contributed by atoms with E-state index in [9.17, 15) is 4.79 Å². The van der Waals surface area contributed by atoms with E-state index in [1.165, 1.54) is 24.9 Å². The minimum atomic E-state index is -0.229. The number of carbonyl (C=O) groups excluding carboxylic acids is 1. The lowest BCUT2D eigenvalue weighted by atomic mass is 9.83. The number of hydrogen-bond acceptors (Lipinski definition) is 3. The standard InChI is InChI=1S/C24H39N5O/c1-5-25-23(26-16-22(30)27-24(2,3)4)29-15-13-21-20(18-29)12-9-14-28(21)17-19-10-7-6-8-11-19/h6-8,10-11,20-21H,5,9,12-18H2,1-4H3,(H,25,26)(H,27,30). The van der Waals surface area contributed by atoms with E-state index in [1.807, 2.05) is 20.8 Å². The molecule has 6 nitrogen and oxygen atoms in total. The Kier molecular flexibility index (Phi) is 7.75. The molecule has 0 radical (unpaired) electrons. The number of carbonyl (C=O) groups is 1. The van der Waals surface area contributed by atoms with E-state index >= 15 is 0 Å². The van der Waals surface area contributed by atoms with Crippen LogP contribution in [-0.2, 0) is 11.3 Å². The van der Waals surface area contributed by atoms with E-state index in [0.717, 1.165) is 38.6 Å². The van der Waals surface area contributed by atoms with Crippen LogP contribution in [0.1, 0.15) is 52.5 Å². The van der Waals surface area contributed by atoms with Crippen LogP contribution in [0.4, 0.5) is 0 Å². The molecule has 1 aromatic rings. The van der Waals surface area contributed by atoms with Gasteiger partial charge in [0, 0.05) is 37.8 Å². The Labute approximate surface area is 182 Å². The summed E-state index contributed by atoms with van der Waals surface area (Å²) in [6.45, 7) is 13.3. The Morgan fingerprint density at radius 1 is 1.17 bits per heavy atom. The van der Waals surface area contributed by atoms with Gasteiger partial charge in [-0.1, -0.05) is 30.3 Å². The second-order valence-corrected chi connectivity index (χ2v) is 9.63. The van der Waals surface area contributed by atoms with Crippen LogP contribution in [0.3, 0.4) is 0 Å². The Balaban J connectivity index is 1.61. The van der Waals surface area contributed by atoms with Crippen LogP contribution in [0.5, 0.6) is 0 Å². The van der Waals surface area contributed by atoms with E-state index in [4.69, 9.17) is 0 Å². The van der Waals surface area contributed by atoms with Crippen molar-refractivity contribution in [3.63, 3.8) is 0 Å². The van der Waals surface area contributed by atoms with Crippen molar-refractivity contribution >= 4 is 11.9 Å². The van der Waals surface area contributed by atoms with Crippen LogP contribution >= 0.6 is 0 Å². The van der Waals surface area contributed by atoms with Crippen LogP contribution in [0, 0.1) is 5.92 Å². The minimum Gasteiger partial charge on any atom is -0.357 e. The van der Waals surface area contributed by atoms with Gasteiger partial charge in [0.05, 0.1) is 0 Å². The number of piperidine rings is 2. The van der Waals surface area contributed by atoms with Gasteiger partial charge < -0.3 is 15.5 Å². The van der Waals surface area contributed by atoms with Crippen LogP contribution in [-0.4, -0.2) is 66.0 Å². The molecular formula is C24H39N5O. The van der Waals surface area contributed by atoms with Crippen molar-refractivity contribution in [3.05, 3.63) is 35.9 Å². The predicted octanol–water partition coefficient (Wildman–Crippen LogP) is 2.85. The van der Waals surface area contributed by atoms with Gasteiger partial charge in [-0.15, -0.1) is 0 Å². The molecule has 6 heteroatoms. The second kappa shape index (κ2) is 10.3. The smallest absolute Gasteiger partial charge is 0.242 e. The molecule has 2 unspecified atom stereocenters. The summed E-state index contributed by atoms with van der Waals surface area (Å²) in [5.74, 6) is 1.50. The highest BCUT2D eigenvalue weighted by atomic mass is 16.2. The maximum atomic E-state index is 12.2. The number of nitrogens with zero attached hydrogens (tertiary/aromatic N) is 3. The van der Waals surface area contributed by atoms with E-state index in [0.29, 0.717) is 12.0 Å². The van der Waals surface area contributed by atoms with Gasteiger partial charge in [-0.05, 0) is 65.0 Å². The Morgan fingerprint density at radius 2 is 1.93 bits per heavy atom. The highest BCUT2D eigenvalue weighted by molar-refractivity contribution is 5.85. The highest BCUT2D eigenvalue weighted by Gasteiger charge is 2.36. The molecule has 0 spiro atoms. The molecule has 1 amide bonds. The van der Waals surface area contributed by atoms with E-state index in [2.05, 4.69) is 62.7 Å². The van der Waals surface area contributed by atoms with Gasteiger partial charge in [-0.2, -0.15) is 0 Å². The van der Waals surface area contributed by atoms with Gasteiger partial charge in [-0.25, -0.2) is 4.99 Å². The maximum Gasteiger partial charge on any atom is 0.242 e. The van der Waals surface area contributed by atoms with Gasteiger partial charge in [0.15, 0.2) is 5.96 Å². The van der Waals surface area contributed by atoms with Crippen molar-refractivity contribution in [1.29, 1.82) is 0 Å². The van der Waals surface area contributed by atoms with Crippen molar-refractivity contribution in [2.75, 3.05) is 32.7 Å². The molecule has 0 aliphatic carbocycles. The fourth-order valence-corrected chi connectivity index (χ4v) is 4.74. The first-order valence-corrected chi connectivity index (χ1v) is 11.5. The fourth-order valence-electron chi connectivity index (χ4n) is 4.74. The van der Waals surface area contributed by atoms with Gasteiger partial charge in [0.25, 0.3) is 0 Å². The molecule has 2 saturated heterocycles. The predicted molar refractivity (Wildman–Crippen MR) is 123 cm³/mol. The number of amides is 1. The topological polar surface area (TPSA) is 60.0 Å². The molecular weight excluding hydrogens is 374 g/mol. The Morgan fingerprint density at radius 3 is 2.63 bits per heavy atom. The van der Waals surface area contributed by atoms with Crippen molar-refractivity contribution < 1.29 is 4.79 Å². The lowest BCUT2D eigenvalue weighted by molar-refractivity contribution is -0.121. The molecule has 2 N–H and O–H groups in total. The number of benzene rings is 1. The molecule has 2 aliphatic heterocycles. The molecule has 2 heterocycles. The van der Waals surface area contributed by atoms with Crippen LogP contribution in [0.15, 0.2) is 35.3 Å². The van der Waals surface area contributed by atoms with Crippen LogP contribution in [0.25, 0.3) is 0 Å². The molecule has 1 aromatic carbocycles. The number of guanidine groups is 1. The van der Waals surface area contributed by atoms with E-state index in [1.54, 1.807) is 0 Å². The number of fused-ring (bicyclic) bond motifs is 1. The lowest BCUT2D eigenvalue weighted by Crippen LogP contribution is -2.56. The summed E-state index contributed by atoms with van der Waals surface area (Å²) in [6.07, 6.45) is 3.68. The second-order valence-electron chi connectivity index (χ2n) is 9.63. The average Bonchev–Trinajstić information content (AvgIpc) is 2.70. The third-order valence-electron chi connectivity index (χ3n) is 5.93. The zero-order chi connectivity index (χ0) is 21.6. The van der Waals surface area contributed by atoms with Gasteiger partial charge in [0.2, 0.25) is 5.91 Å². The monoisotopic (exact) mass is 413 g/mol. The number of nitrogens with one attached hydrogen (secondary N) is 2. The molecule has 2 aliphatic rings. The Hall–Kier alpha value is -2.08. The number of hydrogen-bond donors (Lipinski definition) is 2. The lowest BCUT2D eigenvalue weighted by Gasteiger charge is -2.48. The average molecular weight is 414 g/mol. The van der Waals surface area contributed by atoms with Crippen molar-refractivity contribution in [2.24, 2.45) is 10.9 Å². The first kappa shape index (κ1) is 22.6. The molecule has 3 rings (SSSR count). The SMILES string of the molecule is CCNC(=NCC(=O)NC(C)(C)C)N1CCC2C(CCCN2Cc2ccccc2)C1. The molecule has 0 bridgehead atoms. The molecule has 166 valence electrons. The summed E-state index contributed by atoms with van der Waals surface area (Å²) >= 11 is 0. The quantitative estimate of drug-likeness (QED) is 0.576. The van der Waals surface area contributed by atoms with Gasteiger partial charge >= 0.3 is 0 Å². The molecule has 0 saturated carbocycles. The maximum absolute atomic E-state index is 12.2. The first-order valence-electron chi connectivity index (χ1n) is 11.5. The van der Waals surface area contributed by atoms with Gasteiger partial charge in [-0.3, -0.25) is 9.69 Å². The summed E-state index contributed by atoms with van der Waals surface area (Å²) in [5.41, 5.74) is 1.17. The summed E-state index contributed by atoms with van der Waals surface area (Å²) in [5, 5.41) is 6.39. The number of aliphatic imine (C=N–C) groups is 1.